The van der Waals surface area contributed by atoms with Crippen LogP contribution in [0, 0.1) is 12.3 Å². The van der Waals surface area contributed by atoms with E-state index in [-0.39, 0.29) is 6.42 Å². The molecular weight excluding hydrogens is 176 g/mol. The third kappa shape index (κ3) is 2.53. The van der Waals surface area contributed by atoms with Gasteiger partial charge in [0.25, 0.3) is 0 Å². The van der Waals surface area contributed by atoms with E-state index in [1.54, 1.807) is 0 Å². The Labute approximate surface area is 66.8 Å². The Kier molecular flexibility index (Phi) is 3.74. The molecule has 0 aromatic heterocycles. The molecule has 1 nitrogen and oxygen atoms in total. The Hall–Kier alpha value is -1.05. The summed E-state index contributed by atoms with van der Waals surface area (Å²) in [5.74, 6) is -4.46. The third-order valence-corrected chi connectivity index (χ3v) is 1.14. The SMILES string of the molecule is C#CCCC(=O)C(F)(F)C(F)F. The summed E-state index contributed by atoms with van der Waals surface area (Å²) in [5, 5.41) is 0. The van der Waals surface area contributed by atoms with Crippen molar-refractivity contribution in [1.29, 1.82) is 0 Å². The maximum absolute atomic E-state index is 12.1. The van der Waals surface area contributed by atoms with E-state index in [4.69, 9.17) is 0 Å². The first kappa shape index (κ1) is 11.0. The van der Waals surface area contributed by atoms with Gasteiger partial charge in [-0.25, -0.2) is 8.78 Å². The number of hydrogen-bond donors (Lipinski definition) is 0. The highest BCUT2D eigenvalue weighted by atomic mass is 19.3. The van der Waals surface area contributed by atoms with Gasteiger partial charge in [-0.3, -0.25) is 4.79 Å². The highest BCUT2D eigenvalue weighted by molar-refractivity contribution is 5.86. The van der Waals surface area contributed by atoms with Crippen LogP contribution in [0.1, 0.15) is 12.8 Å². The molecule has 0 fully saturated rings. The fourth-order valence-electron chi connectivity index (χ4n) is 0.474. The van der Waals surface area contributed by atoms with E-state index < -0.39 is 24.6 Å². The van der Waals surface area contributed by atoms with Crippen molar-refractivity contribution < 1.29 is 22.4 Å². The van der Waals surface area contributed by atoms with Gasteiger partial charge in [0.05, 0.1) is 0 Å². The van der Waals surface area contributed by atoms with Gasteiger partial charge in [-0.2, -0.15) is 8.78 Å². The Bertz CT molecular complexity index is 204. The van der Waals surface area contributed by atoms with Crippen molar-refractivity contribution in [2.45, 2.75) is 25.2 Å². The highest BCUT2D eigenvalue weighted by Crippen LogP contribution is 2.25. The lowest BCUT2D eigenvalue weighted by atomic mass is 10.1. The van der Waals surface area contributed by atoms with Gasteiger partial charge in [0.2, 0.25) is 5.78 Å². The first-order chi connectivity index (χ1) is 5.42. The predicted octanol–water partition coefficient (Wildman–Crippen LogP) is 1.87. The first-order valence-electron chi connectivity index (χ1n) is 3.05. The number of terminal acetylenes is 1. The average molecular weight is 182 g/mol. The largest absolute Gasteiger partial charge is 0.364 e. The third-order valence-electron chi connectivity index (χ3n) is 1.14. The molecule has 5 heteroatoms. The molecule has 68 valence electrons. The molecule has 0 aromatic carbocycles. The number of halogens is 4. The first-order valence-corrected chi connectivity index (χ1v) is 3.05. The van der Waals surface area contributed by atoms with Crippen molar-refractivity contribution in [2.75, 3.05) is 0 Å². The highest BCUT2D eigenvalue weighted by Gasteiger charge is 2.47. The van der Waals surface area contributed by atoms with Crippen LogP contribution in [0.2, 0.25) is 0 Å². The fraction of sp³-hybridized carbons (Fsp3) is 0.571. The van der Waals surface area contributed by atoms with Gasteiger partial charge in [0, 0.05) is 12.8 Å². The van der Waals surface area contributed by atoms with Crippen molar-refractivity contribution in [3.05, 3.63) is 0 Å². The molecule has 0 spiro atoms. The average Bonchev–Trinajstić information content (AvgIpc) is 1.99. The van der Waals surface area contributed by atoms with Gasteiger partial charge >= 0.3 is 12.3 Å². The topological polar surface area (TPSA) is 17.1 Å². The second kappa shape index (κ2) is 4.10. The van der Waals surface area contributed by atoms with Gasteiger partial charge in [0.15, 0.2) is 0 Å². The zero-order valence-corrected chi connectivity index (χ0v) is 5.99. The molecule has 0 aromatic rings. The van der Waals surface area contributed by atoms with Gasteiger partial charge < -0.3 is 0 Å². The molecule has 0 saturated heterocycles. The minimum Gasteiger partial charge on any atom is -0.293 e. The fourth-order valence-corrected chi connectivity index (χ4v) is 0.474. The van der Waals surface area contributed by atoms with E-state index in [1.165, 1.54) is 0 Å². The number of rotatable bonds is 4. The molecule has 0 atom stereocenters. The minimum atomic E-state index is -4.56. The normalized spacial score (nSPS) is 11.3. The Balaban J connectivity index is 4.18. The molecule has 0 bridgehead atoms. The van der Waals surface area contributed by atoms with Gasteiger partial charge in [-0.05, 0) is 0 Å². The van der Waals surface area contributed by atoms with Crippen LogP contribution in [0.25, 0.3) is 0 Å². The smallest absolute Gasteiger partial charge is 0.293 e. The van der Waals surface area contributed by atoms with Crippen molar-refractivity contribution in [3.63, 3.8) is 0 Å². The van der Waals surface area contributed by atoms with E-state index in [0.29, 0.717) is 0 Å². The van der Waals surface area contributed by atoms with Crippen molar-refractivity contribution in [1.82, 2.24) is 0 Å². The number of alkyl halides is 4. The van der Waals surface area contributed by atoms with Crippen LogP contribution in [0.4, 0.5) is 17.6 Å². The maximum atomic E-state index is 12.1. The van der Waals surface area contributed by atoms with E-state index in [9.17, 15) is 22.4 Å². The summed E-state index contributed by atoms with van der Waals surface area (Å²) >= 11 is 0. The molecule has 0 aliphatic heterocycles. The van der Waals surface area contributed by atoms with Crippen LogP contribution in [-0.2, 0) is 4.79 Å². The summed E-state index contributed by atoms with van der Waals surface area (Å²) in [6.45, 7) is 0. The van der Waals surface area contributed by atoms with Crippen LogP contribution in [0.3, 0.4) is 0 Å². The molecule has 0 rings (SSSR count). The van der Waals surface area contributed by atoms with Crippen LogP contribution in [0.15, 0.2) is 0 Å². The van der Waals surface area contributed by atoms with Crippen molar-refractivity contribution >= 4 is 5.78 Å². The van der Waals surface area contributed by atoms with E-state index in [0.717, 1.165) is 0 Å². The molecule has 0 heterocycles. The van der Waals surface area contributed by atoms with E-state index in [2.05, 4.69) is 6.42 Å². The predicted molar refractivity (Wildman–Crippen MR) is 34.0 cm³/mol. The number of hydrogen-bond acceptors (Lipinski definition) is 1. The lowest BCUT2D eigenvalue weighted by Crippen LogP contribution is -2.36. The Morgan fingerprint density at radius 3 is 2.33 bits per heavy atom. The zero-order chi connectivity index (χ0) is 9.78. The summed E-state index contributed by atoms with van der Waals surface area (Å²) < 4.78 is 47.1. The summed E-state index contributed by atoms with van der Waals surface area (Å²) in [4.78, 5) is 10.3. The second-order valence-corrected chi connectivity index (χ2v) is 2.05. The summed E-state index contributed by atoms with van der Waals surface area (Å²) in [5.41, 5.74) is 0. The number of carbonyl (C=O) groups is 1. The molecule has 12 heavy (non-hydrogen) atoms. The summed E-state index contributed by atoms with van der Waals surface area (Å²) in [6.07, 6.45) is -0.258. The summed E-state index contributed by atoms with van der Waals surface area (Å²) in [6, 6.07) is 0. The monoisotopic (exact) mass is 182 g/mol. The Morgan fingerprint density at radius 1 is 1.50 bits per heavy atom. The van der Waals surface area contributed by atoms with E-state index in [1.807, 2.05) is 5.92 Å². The van der Waals surface area contributed by atoms with Crippen molar-refractivity contribution in [2.24, 2.45) is 0 Å². The van der Waals surface area contributed by atoms with Crippen LogP contribution < -0.4 is 0 Å². The van der Waals surface area contributed by atoms with Crippen LogP contribution >= 0.6 is 0 Å². The zero-order valence-electron chi connectivity index (χ0n) is 5.99. The van der Waals surface area contributed by atoms with Gasteiger partial charge in [0.1, 0.15) is 0 Å². The molecule has 0 aliphatic carbocycles. The lowest BCUT2D eigenvalue weighted by Gasteiger charge is -2.12. The maximum Gasteiger partial charge on any atom is 0.364 e. The number of ketones is 1. The molecule has 0 aliphatic rings. The van der Waals surface area contributed by atoms with E-state index >= 15 is 0 Å². The quantitative estimate of drug-likeness (QED) is 0.479. The molecule has 0 radical (unpaired) electrons. The van der Waals surface area contributed by atoms with Crippen LogP contribution in [-0.4, -0.2) is 18.1 Å². The molecule has 0 unspecified atom stereocenters. The Morgan fingerprint density at radius 2 is 2.00 bits per heavy atom. The van der Waals surface area contributed by atoms with Gasteiger partial charge in [-0.15, -0.1) is 12.3 Å². The standard InChI is InChI=1S/C7H6F4O/c1-2-3-4-5(12)7(10,11)6(8)9/h1,6H,3-4H2. The second-order valence-electron chi connectivity index (χ2n) is 2.05. The molecule has 0 amide bonds. The minimum absolute atomic E-state index is 0.249. The lowest BCUT2D eigenvalue weighted by molar-refractivity contribution is -0.166. The summed E-state index contributed by atoms with van der Waals surface area (Å²) in [7, 11) is 0. The van der Waals surface area contributed by atoms with Crippen LogP contribution in [0.5, 0.6) is 0 Å². The number of Topliss-reactive ketones (excluding diaryl/α,β-unsaturated/α-hetero) is 1. The molecular formula is C7H6F4O. The molecule has 0 saturated carbocycles. The van der Waals surface area contributed by atoms with Gasteiger partial charge in [-0.1, -0.05) is 0 Å². The van der Waals surface area contributed by atoms with Crippen molar-refractivity contribution in [3.8, 4) is 12.3 Å². The molecule has 0 N–H and O–H groups in total. The number of carbonyl (C=O) groups excluding carboxylic acids is 1.